The highest BCUT2D eigenvalue weighted by molar-refractivity contribution is 5.67. The van der Waals surface area contributed by atoms with Crippen LogP contribution >= 0.6 is 0 Å². The van der Waals surface area contributed by atoms with Gasteiger partial charge in [0.25, 0.3) is 0 Å². The monoisotopic (exact) mass is 262 g/mol. The van der Waals surface area contributed by atoms with Gasteiger partial charge < -0.3 is 5.11 Å². The summed E-state index contributed by atoms with van der Waals surface area (Å²) in [5.74, 6) is -0.383. The van der Waals surface area contributed by atoms with Gasteiger partial charge in [0.1, 0.15) is 0 Å². The molecule has 0 aliphatic carbocycles. The molecule has 1 saturated heterocycles. The van der Waals surface area contributed by atoms with Gasteiger partial charge in [-0.15, -0.1) is 0 Å². The highest BCUT2D eigenvalue weighted by Gasteiger charge is 2.35. The molecule has 2 rings (SSSR count). The van der Waals surface area contributed by atoms with Gasteiger partial charge >= 0.3 is 5.97 Å². The Morgan fingerprint density at radius 1 is 1.53 bits per heavy atom. The summed E-state index contributed by atoms with van der Waals surface area (Å²) >= 11 is 0. The number of pyridine rings is 1. The summed E-state index contributed by atoms with van der Waals surface area (Å²) in [5.41, 5.74) is 1.11. The molecule has 1 aliphatic heterocycles. The molecule has 0 saturated carbocycles. The van der Waals surface area contributed by atoms with Crippen molar-refractivity contribution < 1.29 is 9.90 Å². The number of hydrogen-bond donors (Lipinski definition) is 1. The van der Waals surface area contributed by atoms with Crippen LogP contribution in [0.25, 0.3) is 0 Å². The predicted octanol–water partition coefficient (Wildman–Crippen LogP) is 2.55. The summed E-state index contributed by atoms with van der Waals surface area (Å²) in [6.45, 7) is 6.18. The van der Waals surface area contributed by atoms with Crippen LogP contribution in [0, 0.1) is 5.92 Å². The number of rotatable bonds is 4. The van der Waals surface area contributed by atoms with Crippen LogP contribution in [0.2, 0.25) is 0 Å². The summed E-state index contributed by atoms with van der Waals surface area (Å²) in [6.07, 6.45) is 4.01. The van der Waals surface area contributed by atoms with Crippen LogP contribution < -0.4 is 0 Å². The molecule has 0 amide bonds. The maximum Gasteiger partial charge on any atom is 0.303 e. The number of piperidine rings is 1. The normalized spacial score (nSPS) is 23.2. The number of aliphatic carboxylic acids is 1. The van der Waals surface area contributed by atoms with Crippen molar-refractivity contribution in [1.29, 1.82) is 0 Å². The molecule has 1 aromatic rings. The Labute approximate surface area is 114 Å². The fourth-order valence-electron chi connectivity index (χ4n) is 2.98. The van der Waals surface area contributed by atoms with E-state index in [1.165, 1.54) is 0 Å². The van der Waals surface area contributed by atoms with Gasteiger partial charge in [-0.05, 0) is 51.3 Å². The maximum absolute atomic E-state index is 10.8. The minimum Gasteiger partial charge on any atom is -0.481 e. The Bertz CT molecular complexity index is 431. The maximum atomic E-state index is 10.8. The van der Waals surface area contributed by atoms with E-state index in [2.05, 4.69) is 23.7 Å². The molecule has 1 aromatic heterocycles. The number of carboxylic acids is 1. The first-order valence-corrected chi connectivity index (χ1v) is 6.84. The van der Waals surface area contributed by atoms with Crippen molar-refractivity contribution in [3.8, 4) is 0 Å². The van der Waals surface area contributed by atoms with E-state index in [0.29, 0.717) is 12.3 Å². The van der Waals surface area contributed by atoms with E-state index in [4.69, 9.17) is 5.11 Å². The van der Waals surface area contributed by atoms with Crippen molar-refractivity contribution in [2.75, 3.05) is 6.54 Å². The minimum atomic E-state index is -0.682. The van der Waals surface area contributed by atoms with Crippen LogP contribution in [-0.4, -0.2) is 33.0 Å². The minimum absolute atomic E-state index is 0.0376. The predicted molar refractivity (Wildman–Crippen MR) is 73.7 cm³/mol. The van der Waals surface area contributed by atoms with Gasteiger partial charge in [0, 0.05) is 24.7 Å². The van der Waals surface area contributed by atoms with Gasteiger partial charge in [0.05, 0.1) is 5.69 Å². The lowest BCUT2D eigenvalue weighted by Gasteiger charge is -2.45. The molecule has 1 aliphatic rings. The first-order valence-electron chi connectivity index (χ1n) is 6.84. The van der Waals surface area contributed by atoms with E-state index in [-0.39, 0.29) is 5.54 Å². The number of hydrogen-bond acceptors (Lipinski definition) is 3. The molecule has 4 heteroatoms. The molecule has 0 spiro atoms. The molecule has 1 unspecified atom stereocenters. The smallest absolute Gasteiger partial charge is 0.303 e. The lowest BCUT2D eigenvalue weighted by molar-refractivity contribution is -0.139. The zero-order chi connectivity index (χ0) is 13.9. The van der Waals surface area contributed by atoms with Crippen LogP contribution in [0.5, 0.6) is 0 Å². The SMILES string of the molecule is CC1(C)CC(CC(=O)O)CCN1Cc1ccccn1. The molecular weight excluding hydrogens is 240 g/mol. The Balaban J connectivity index is 1.98. The van der Waals surface area contributed by atoms with Crippen molar-refractivity contribution >= 4 is 5.97 Å². The fraction of sp³-hybridized carbons (Fsp3) is 0.600. The number of aromatic nitrogens is 1. The Kier molecular flexibility index (Phi) is 4.20. The summed E-state index contributed by atoms with van der Waals surface area (Å²) in [5, 5.41) is 8.91. The van der Waals surface area contributed by atoms with E-state index < -0.39 is 5.97 Å². The van der Waals surface area contributed by atoms with E-state index in [9.17, 15) is 4.79 Å². The van der Waals surface area contributed by atoms with Crippen molar-refractivity contribution in [1.82, 2.24) is 9.88 Å². The molecule has 1 atom stereocenters. The van der Waals surface area contributed by atoms with Gasteiger partial charge in [-0.2, -0.15) is 0 Å². The Hall–Kier alpha value is -1.42. The quantitative estimate of drug-likeness (QED) is 0.906. The van der Waals surface area contributed by atoms with Crippen LogP contribution in [0.3, 0.4) is 0 Å². The molecule has 0 bridgehead atoms. The van der Waals surface area contributed by atoms with E-state index >= 15 is 0 Å². The molecule has 4 nitrogen and oxygen atoms in total. The number of carbonyl (C=O) groups is 1. The first kappa shape index (κ1) is 14.0. The van der Waals surface area contributed by atoms with Crippen molar-refractivity contribution in [3.05, 3.63) is 30.1 Å². The van der Waals surface area contributed by atoms with Gasteiger partial charge in [-0.25, -0.2) is 0 Å². The average molecular weight is 262 g/mol. The Morgan fingerprint density at radius 2 is 2.32 bits per heavy atom. The largest absolute Gasteiger partial charge is 0.481 e. The second-order valence-corrected chi connectivity index (χ2v) is 6.01. The molecule has 104 valence electrons. The topological polar surface area (TPSA) is 53.4 Å². The third-order valence-electron chi connectivity index (χ3n) is 3.99. The second-order valence-electron chi connectivity index (χ2n) is 6.01. The lowest BCUT2D eigenvalue weighted by atomic mass is 9.81. The third-order valence-corrected chi connectivity index (χ3v) is 3.99. The lowest BCUT2D eigenvalue weighted by Crippen LogP contribution is -2.49. The Morgan fingerprint density at radius 3 is 2.89 bits per heavy atom. The number of nitrogens with zero attached hydrogens (tertiary/aromatic N) is 2. The summed E-state index contributed by atoms with van der Waals surface area (Å²) in [6, 6.07) is 5.97. The third kappa shape index (κ3) is 3.77. The van der Waals surface area contributed by atoms with Gasteiger partial charge in [-0.1, -0.05) is 6.07 Å². The zero-order valence-corrected chi connectivity index (χ0v) is 11.7. The second kappa shape index (κ2) is 5.70. The van der Waals surface area contributed by atoms with E-state index in [1.807, 2.05) is 24.4 Å². The average Bonchev–Trinajstić information content (AvgIpc) is 2.33. The fourth-order valence-corrected chi connectivity index (χ4v) is 2.98. The van der Waals surface area contributed by atoms with E-state index in [0.717, 1.165) is 31.6 Å². The molecule has 0 aromatic carbocycles. The van der Waals surface area contributed by atoms with Gasteiger partial charge in [0.2, 0.25) is 0 Å². The van der Waals surface area contributed by atoms with Crippen molar-refractivity contribution in [2.45, 2.75) is 45.2 Å². The molecular formula is C15H22N2O2. The van der Waals surface area contributed by atoms with E-state index in [1.54, 1.807) is 0 Å². The number of likely N-dealkylation sites (tertiary alicyclic amines) is 1. The first-order chi connectivity index (χ1) is 8.97. The van der Waals surface area contributed by atoms with Crippen LogP contribution in [0.4, 0.5) is 0 Å². The highest BCUT2D eigenvalue weighted by atomic mass is 16.4. The summed E-state index contributed by atoms with van der Waals surface area (Å²) < 4.78 is 0. The molecule has 2 heterocycles. The van der Waals surface area contributed by atoms with Gasteiger partial charge in [-0.3, -0.25) is 14.7 Å². The summed E-state index contributed by atoms with van der Waals surface area (Å²) in [4.78, 5) is 17.6. The summed E-state index contributed by atoms with van der Waals surface area (Å²) in [7, 11) is 0. The van der Waals surface area contributed by atoms with Gasteiger partial charge in [0.15, 0.2) is 0 Å². The standard InChI is InChI=1S/C15H22N2O2/c1-15(2)10-12(9-14(18)19)6-8-17(15)11-13-5-3-4-7-16-13/h3-5,7,12H,6,8-11H2,1-2H3,(H,18,19). The molecule has 0 radical (unpaired) electrons. The molecule has 1 fully saturated rings. The zero-order valence-electron chi connectivity index (χ0n) is 11.7. The molecule has 1 N–H and O–H groups in total. The van der Waals surface area contributed by atoms with Crippen LogP contribution in [-0.2, 0) is 11.3 Å². The highest BCUT2D eigenvalue weighted by Crippen LogP contribution is 2.34. The van der Waals surface area contributed by atoms with Crippen molar-refractivity contribution in [3.63, 3.8) is 0 Å². The number of carboxylic acid groups (broad SMARTS) is 1. The van der Waals surface area contributed by atoms with Crippen molar-refractivity contribution in [2.24, 2.45) is 5.92 Å². The van der Waals surface area contributed by atoms with Crippen LogP contribution in [0.15, 0.2) is 24.4 Å². The molecule has 19 heavy (non-hydrogen) atoms. The van der Waals surface area contributed by atoms with Crippen LogP contribution in [0.1, 0.15) is 38.8 Å².